The van der Waals surface area contributed by atoms with Crippen LogP contribution < -0.4 is 5.32 Å². The molecule has 0 rings (SSSR count). The molecule has 7 heteroatoms. The predicted octanol–water partition coefficient (Wildman–Crippen LogP) is 0.361. The third kappa shape index (κ3) is 9.01. The second-order valence-electron chi connectivity index (χ2n) is 4.48. The molecule has 0 bridgehead atoms. The normalized spacial score (nSPS) is 10.3. The van der Waals surface area contributed by atoms with Crippen molar-refractivity contribution in [3.63, 3.8) is 0 Å². The Morgan fingerprint density at radius 2 is 1.74 bits per heavy atom. The first kappa shape index (κ1) is 17.4. The maximum Gasteiger partial charge on any atom is 0.324 e. The number of aliphatic carboxylic acids is 1. The summed E-state index contributed by atoms with van der Waals surface area (Å²) in [6.07, 6.45) is 0.361. The minimum atomic E-state index is -1.05. The summed E-state index contributed by atoms with van der Waals surface area (Å²) in [5.41, 5.74) is 0. The Morgan fingerprint density at radius 3 is 2.21 bits per heavy atom. The maximum absolute atomic E-state index is 11.7. The van der Waals surface area contributed by atoms with Gasteiger partial charge in [0.15, 0.2) is 0 Å². The highest BCUT2D eigenvalue weighted by Crippen LogP contribution is 1.95. The quantitative estimate of drug-likeness (QED) is 0.666. The van der Waals surface area contributed by atoms with E-state index < -0.39 is 17.9 Å². The SMILES string of the molecule is CCN(CCCN(C)C)C(=O)NC(=O)CCC(=O)O. The molecule has 2 N–H and O–H groups in total. The van der Waals surface area contributed by atoms with E-state index in [1.165, 1.54) is 4.90 Å². The number of carboxylic acids is 1. The molecule has 0 aliphatic rings. The zero-order valence-electron chi connectivity index (χ0n) is 11.8. The van der Waals surface area contributed by atoms with Gasteiger partial charge in [0.1, 0.15) is 0 Å². The molecule has 0 heterocycles. The number of imide groups is 1. The van der Waals surface area contributed by atoms with Gasteiger partial charge >= 0.3 is 12.0 Å². The average Bonchev–Trinajstić information content (AvgIpc) is 2.31. The van der Waals surface area contributed by atoms with E-state index in [0.717, 1.165) is 13.0 Å². The molecule has 110 valence electrons. The van der Waals surface area contributed by atoms with E-state index in [4.69, 9.17) is 5.11 Å². The number of nitrogens with zero attached hydrogens (tertiary/aromatic N) is 2. The molecular formula is C12H23N3O4. The van der Waals surface area contributed by atoms with Crippen molar-refractivity contribution in [3.05, 3.63) is 0 Å². The topological polar surface area (TPSA) is 90.0 Å². The molecule has 0 saturated heterocycles. The molecule has 7 nitrogen and oxygen atoms in total. The minimum absolute atomic E-state index is 0.184. The largest absolute Gasteiger partial charge is 0.481 e. The highest BCUT2D eigenvalue weighted by atomic mass is 16.4. The van der Waals surface area contributed by atoms with Crippen molar-refractivity contribution in [1.29, 1.82) is 0 Å². The van der Waals surface area contributed by atoms with Gasteiger partial charge in [-0.1, -0.05) is 0 Å². The van der Waals surface area contributed by atoms with Gasteiger partial charge in [0.25, 0.3) is 0 Å². The molecule has 0 aliphatic carbocycles. The molecule has 0 unspecified atom stereocenters. The molecular weight excluding hydrogens is 250 g/mol. The monoisotopic (exact) mass is 273 g/mol. The Kier molecular flexibility index (Phi) is 8.52. The van der Waals surface area contributed by atoms with Gasteiger partial charge in [0, 0.05) is 19.5 Å². The molecule has 0 aliphatic heterocycles. The number of carbonyl (C=O) groups excluding carboxylic acids is 2. The number of urea groups is 1. The van der Waals surface area contributed by atoms with E-state index in [1.54, 1.807) is 0 Å². The van der Waals surface area contributed by atoms with E-state index in [9.17, 15) is 14.4 Å². The second kappa shape index (κ2) is 9.32. The zero-order chi connectivity index (χ0) is 14.8. The number of carbonyl (C=O) groups is 3. The summed E-state index contributed by atoms with van der Waals surface area (Å²) in [6.45, 7) is 3.76. The van der Waals surface area contributed by atoms with Crippen LogP contribution in [0.1, 0.15) is 26.2 Å². The summed E-state index contributed by atoms with van der Waals surface area (Å²) in [5, 5.41) is 10.6. The lowest BCUT2D eigenvalue weighted by Gasteiger charge is -2.21. The van der Waals surface area contributed by atoms with Crippen molar-refractivity contribution in [1.82, 2.24) is 15.1 Å². The van der Waals surface area contributed by atoms with Crippen molar-refractivity contribution in [2.24, 2.45) is 0 Å². The van der Waals surface area contributed by atoms with Crippen LogP contribution in [0.15, 0.2) is 0 Å². The first-order valence-electron chi connectivity index (χ1n) is 6.32. The van der Waals surface area contributed by atoms with Gasteiger partial charge in [-0.2, -0.15) is 0 Å². The fourth-order valence-corrected chi connectivity index (χ4v) is 1.46. The highest BCUT2D eigenvalue weighted by Gasteiger charge is 2.15. The van der Waals surface area contributed by atoms with Crippen LogP contribution in [0.4, 0.5) is 4.79 Å². The third-order valence-electron chi connectivity index (χ3n) is 2.51. The molecule has 0 radical (unpaired) electrons. The average molecular weight is 273 g/mol. The zero-order valence-corrected chi connectivity index (χ0v) is 11.8. The summed E-state index contributed by atoms with van der Waals surface area (Å²) in [7, 11) is 3.90. The summed E-state index contributed by atoms with van der Waals surface area (Å²) < 4.78 is 0. The Balaban J connectivity index is 4.06. The summed E-state index contributed by atoms with van der Waals surface area (Å²) in [5.74, 6) is -1.61. The van der Waals surface area contributed by atoms with Crippen molar-refractivity contribution in [3.8, 4) is 0 Å². The molecule has 0 aromatic carbocycles. The fourth-order valence-electron chi connectivity index (χ4n) is 1.46. The Morgan fingerprint density at radius 1 is 1.11 bits per heavy atom. The van der Waals surface area contributed by atoms with Crippen LogP contribution in [0.2, 0.25) is 0 Å². The number of hydrogen-bond donors (Lipinski definition) is 2. The Labute approximate surface area is 113 Å². The third-order valence-corrected chi connectivity index (χ3v) is 2.51. The van der Waals surface area contributed by atoms with E-state index in [-0.39, 0.29) is 12.8 Å². The van der Waals surface area contributed by atoms with E-state index >= 15 is 0 Å². The molecule has 19 heavy (non-hydrogen) atoms. The Bertz CT molecular complexity index is 318. The number of hydrogen-bond acceptors (Lipinski definition) is 4. The standard InChI is InChI=1S/C12H23N3O4/c1-4-15(9-5-8-14(2)3)12(19)13-10(16)6-7-11(17)18/h4-9H2,1-3H3,(H,17,18)(H,13,16,19). The van der Waals surface area contributed by atoms with Crippen molar-refractivity contribution in [2.45, 2.75) is 26.2 Å². The maximum atomic E-state index is 11.7. The van der Waals surface area contributed by atoms with Gasteiger partial charge in [-0.15, -0.1) is 0 Å². The van der Waals surface area contributed by atoms with Crippen LogP contribution in [-0.4, -0.2) is 66.5 Å². The number of carboxylic acid groups (broad SMARTS) is 1. The Hall–Kier alpha value is -1.63. The number of rotatable bonds is 8. The highest BCUT2D eigenvalue weighted by molar-refractivity contribution is 5.95. The van der Waals surface area contributed by atoms with Gasteiger partial charge in [-0.05, 0) is 34.0 Å². The van der Waals surface area contributed by atoms with E-state index in [1.807, 2.05) is 25.9 Å². The van der Waals surface area contributed by atoms with Crippen LogP contribution in [0.25, 0.3) is 0 Å². The van der Waals surface area contributed by atoms with Gasteiger partial charge in [0.05, 0.1) is 6.42 Å². The molecule has 0 aromatic rings. The van der Waals surface area contributed by atoms with Gasteiger partial charge in [-0.25, -0.2) is 4.79 Å². The van der Waals surface area contributed by atoms with Crippen molar-refractivity contribution >= 4 is 17.9 Å². The van der Waals surface area contributed by atoms with E-state index in [2.05, 4.69) is 5.32 Å². The first-order chi connectivity index (χ1) is 8.86. The second-order valence-corrected chi connectivity index (χ2v) is 4.48. The van der Waals surface area contributed by atoms with Crippen molar-refractivity contribution < 1.29 is 19.5 Å². The molecule has 0 fully saturated rings. The van der Waals surface area contributed by atoms with E-state index in [0.29, 0.717) is 13.1 Å². The summed E-state index contributed by atoms with van der Waals surface area (Å²) >= 11 is 0. The molecule has 3 amide bonds. The van der Waals surface area contributed by atoms with Crippen LogP contribution in [0.3, 0.4) is 0 Å². The summed E-state index contributed by atoms with van der Waals surface area (Å²) in [6, 6.07) is -0.461. The van der Waals surface area contributed by atoms with Crippen molar-refractivity contribution in [2.75, 3.05) is 33.7 Å². The van der Waals surface area contributed by atoms with Gasteiger partial charge < -0.3 is 14.9 Å². The lowest BCUT2D eigenvalue weighted by molar-refractivity contribution is -0.138. The summed E-state index contributed by atoms with van der Waals surface area (Å²) in [4.78, 5) is 36.9. The molecule has 0 atom stereocenters. The predicted molar refractivity (Wildman–Crippen MR) is 70.8 cm³/mol. The van der Waals surface area contributed by atoms with Gasteiger partial charge in [-0.3, -0.25) is 14.9 Å². The molecule has 0 saturated carbocycles. The van der Waals surface area contributed by atoms with Crippen LogP contribution in [0.5, 0.6) is 0 Å². The lowest BCUT2D eigenvalue weighted by Crippen LogP contribution is -2.43. The number of nitrogens with one attached hydrogen (secondary N) is 1. The first-order valence-corrected chi connectivity index (χ1v) is 6.32. The lowest BCUT2D eigenvalue weighted by atomic mass is 10.3. The van der Waals surface area contributed by atoms with Crippen LogP contribution in [0, 0.1) is 0 Å². The fraction of sp³-hybridized carbons (Fsp3) is 0.750. The number of amides is 3. The van der Waals surface area contributed by atoms with Gasteiger partial charge in [0.2, 0.25) is 5.91 Å². The van der Waals surface area contributed by atoms with Crippen LogP contribution in [-0.2, 0) is 9.59 Å². The molecule has 0 aromatic heterocycles. The van der Waals surface area contributed by atoms with Crippen LogP contribution >= 0.6 is 0 Å². The smallest absolute Gasteiger partial charge is 0.324 e. The minimum Gasteiger partial charge on any atom is -0.481 e. The molecule has 0 spiro atoms.